The minimum atomic E-state index is 0.441. The van der Waals surface area contributed by atoms with Crippen molar-refractivity contribution in [1.82, 2.24) is 4.42 Å². The fourth-order valence-corrected chi connectivity index (χ4v) is 0.790. The van der Waals surface area contributed by atoms with Crippen molar-refractivity contribution in [3.05, 3.63) is 0 Å². The Labute approximate surface area is 89.6 Å². The number of nitrogens with zero attached hydrogens (tertiary/aromatic N) is 2. The van der Waals surface area contributed by atoms with E-state index >= 15 is 0 Å². The van der Waals surface area contributed by atoms with Crippen LogP contribution in [0.1, 0.15) is 34.1 Å². The van der Waals surface area contributed by atoms with Crippen molar-refractivity contribution >= 4 is 21.0 Å². The maximum absolute atomic E-state index is 7.80. The van der Waals surface area contributed by atoms with E-state index < -0.39 is 0 Å². The largest absolute Gasteiger partial charge is 0.215 e. The van der Waals surface area contributed by atoms with Gasteiger partial charge in [0.2, 0.25) is 0 Å². The number of rotatable bonds is 3. The molecule has 0 N–H and O–H groups in total. The number of hydrogen-bond acceptors (Lipinski definition) is 2. The highest BCUT2D eigenvalue weighted by Gasteiger charge is 2.07. The molecular weight excluding hydrogens is 203 g/mol. The molecule has 0 amide bonds. The summed E-state index contributed by atoms with van der Waals surface area (Å²) in [7, 11) is 2.48. The average molecular weight is 223 g/mol. The summed E-state index contributed by atoms with van der Waals surface area (Å²) >= 11 is 5.78. The standard InChI is InChI=1S/C6H14ClN.C3H6NP/c1-5(2)8(7)6(3)4;4-2-1-3-5/h5-6H,1-4H3;1,3,5H2. The van der Waals surface area contributed by atoms with Gasteiger partial charge in [-0.2, -0.15) is 5.26 Å². The summed E-state index contributed by atoms with van der Waals surface area (Å²) in [6.45, 7) is 8.31. The maximum atomic E-state index is 7.80. The first-order chi connectivity index (χ1) is 5.97. The zero-order valence-corrected chi connectivity index (χ0v) is 10.8. The van der Waals surface area contributed by atoms with E-state index in [0.717, 1.165) is 6.16 Å². The molecule has 0 aliphatic rings. The van der Waals surface area contributed by atoms with Crippen LogP contribution in [0, 0.1) is 11.3 Å². The Balaban J connectivity index is 0. The summed E-state index contributed by atoms with van der Waals surface area (Å²) < 4.78 is 1.81. The predicted molar refractivity (Wildman–Crippen MR) is 62.8 cm³/mol. The Bertz CT molecular complexity index is 135. The van der Waals surface area contributed by atoms with Crippen LogP contribution in [0.3, 0.4) is 0 Å². The van der Waals surface area contributed by atoms with E-state index in [2.05, 4.69) is 36.9 Å². The molecule has 0 bridgehead atoms. The van der Waals surface area contributed by atoms with Gasteiger partial charge in [-0.25, -0.2) is 4.42 Å². The fourth-order valence-electron chi connectivity index (χ4n) is 0.661. The summed E-state index contributed by atoms with van der Waals surface area (Å²) in [5.41, 5.74) is 0. The normalized spacial score (nSPS) is 9.85. The van der Waals surface area contributed by atoms with Crippen LogP contribution >= 0.6 is 21.0 Å². The summed E-state index contributed by atoms with van der Waals surface area (Å²) in [4.78, 5) is 0. The third kappa shape index (κ3) is 12.2. The molecule has 0 fully saturated rings. The van der Waals surface area contributed by atoms with Gasteiger partial charge < -0.3 is 0 Å². The molecule has 0 rings (SSSR count). The first-order valence-corrected chi connectivity index (χ1v) is 5.63. The van der Waals surface area contributed by atoms with E-state index in [1.807, 2.05) is 6.07 Å². The van der Waals surface area contributed by atoms with Crippen LogP contribution in [-0.4, -0.2) is 22.7 Å². The molecule has 0 aliphatic carbocycles. The first kappa shape index (κ1) is 15.6. The number of hydrogen-bond donors (Lipinski definition) is 0. The van der Waals surface area contributed by atoms with E-state index in [1.165, 1.54) is 0 Å². The lowest BCUT2D eigenvalue weighted by atomic mass is 10.3. The lowest BCUT2D eigenvalue weighted by molar-refractivity contribution is 0.321. The van der Waals surface area contributed by atoms with E-state index in [-0.39, 0.29) is 0 Å². The third-order valence-electron chi connectivity index (χ3n) is 1.24. The Morgan fingerprint density at radius 2 is 1.69 bits per heavy atom. The van der Waals surface area contributed by atoms with Gasteiger partial charge in [0.25, 0.3) is 0 Å². The van der Waals surface area contributed by atoms with Crippen LogP contribution in [0.15, 0.2) is 0 Å². The van der Waals surface area contributed by atoms with Gasteiger partial charge in [-0.1, -0.05) is 0 Å². The predicted octanol–water partition coefficient (Wildman–Crippen LogP) is 3.03. The molecule has 0 aromatic carbocycles. The SMILES string of the molecule is CC(C)N(Cl)C(C)C.N#CCCP. The highest BCUT2D eigenvalue weighted by Crippen LogP contribution is 2.06. The van der Waals surface area contributed by atoms with E-state index in [1.54, 1.807) is 4.42 Å². The molecule has 1 atom stereocenters. The maximum Gasteiger partial charge on any atom is 0.0625 e. The molecule has 0 saturated heterocycles. The summed E-state index contributed by atoms with van der Waals surface area (Å²) in [6.07, 6.45) is 1.56. The van der Waals surface area contributed by atoms with Gasteiger partial charge in [-0.05, 0) is 45.6 Å². The number of halogens is 1. The van der Waals surface area contributed by atoms with Gasteiger partial charge in [0.1, 0.15) is 0 Å². The highest BCUT2D eigenvalue weighted by atomic mass is 35.5. The van der Waals surface area contributed by atoms with Gasteiger partial charge >= 0.3 is 0 Å². The zero-order valence-electron chi connectivity index (χ0n) is 8.92. The molecule has 4 heteroatoms. The molecule has 2 nitrogen and oxygen atoms in total. The van der Waals surface area contributed by atoms with E-state index in [0.29, 0.717) is 18.5 Å². The van der Waals surface area contributed by atoms with Crippen LogP contribution in [-0.2, 0) is 0 Å². The lowest BCUT2D eigenvalue weighted by Crippen LogP contribution is -2.27. The summed E-state index contributed by atoms with van der Waals surface area (Å²) in [5, 5.41) is 7.80. The molecule has 13 heavy (non-hydrogen) atoms. The molecule has 0 radical (unpaired) electrons. The number of nitriles is 1. The highest BCUT2D eigenvalue weighted by molar-refractivity contribution is 7.16. The van der Waals surface area contributed by atoms with Crippen LogP contribution < -0.4 is 0 Å². The topological polar surface area (TPSA) is 27.0 Å². The van der Waals surface area contributed by atoms with E-state index in [4.69, 9.17) is 17.0 Å². The molecule has 0 aliphatic heterocycles. The second-order valence-electron chi connectivity index (χ2n) is 3.23. The fraction of sp³-hybridized carbons (Fsp3) is 0.889. The van der Waals surface area contributed by atoms with Crippen molar-refractivity contribution in [2.24, 2.45) is 0 Å². The lowest BCUT2D eigenvalue weighted by Gasteiger charge is -2.21. The molecule has 0 aromatic heterocycles. The Hall–Kier alpha value is 0.170. The average Bonchev–Trinajstić information content (AvgIpc) is 2.05. The Kier molecular flexibility index (Phi) is 12.3. The second kappa shape index (κ2) is 10.3. The second-order valence-corrected chi connectivity index (χ2v) is 4.20. The van der Waals surface area contributed by atoms with Gasteiger partial charge in [0, 0.05) is 18.5 Å². The minimum Gasteiger partial charge on any atom is -0.215 e. The van der Waals surface area contributed by atoms with Crippen LogP contribution in [0.2, 0.25) is 0 Å². The third-order valence-corrected chi connectivity index (χ3v) is 2.31. The Morgan fingerprint density at radius 3 is 1.69 bits per heavy atom. The quantitative estimate of drug-likeness (QED) is 0.542. The van der Waals surface area contributed by atoms with Crippen molar-refractivity contribution < 1.29 is 0 Å². The monoisotopic (exact) mass is 222 g/mol. The van der Waals surface area contributed by atoms with Crippen LogP contribution in [0.4, 0.5) is 0 Å². The molecule has 78 valence electrons. The smallest absolute Gasteiger partial charge is 0.0625 e. The minimum absolute atomic E-state index is 0.441. The van der Waals surface area contributed by atoms with Crippen molar-refractivity contribution in [2.75, 3.05) is 6.16 Å². The summed E-state index contributed by atoms with van der Waals surface area (Å²) in [6, 6.07) is 2.88. The molecule has 1 unspecified atom stereocenters. The molecule has 0 spiro atoms. The first-order valence-electron chi connectivity index (χ1n) is 4.48. The van der Waals surface area contributed by atoms with E-state index in [9.17, 15) is 0 Å². The van der Waals surface area contributed by atoms with Gasteiger partial charge in [0.15, 0.2) is 0 Å². The van der Waals surface area contributed by atoms with Gasteiger partial charge in [-0.3, -0.25) is 0 Å². The molecular formula is C9H20ClN2P. The molecule has 0 heterocycles. The molecule has 0 saturated carbocycles. The van der Waals surface area contributed by atoms with Crippen molar-refractivity contribution in [3.8, 4) is 6.07 Å². The summed E-state index contributed by atoms with van der Waals surface area (Å²) in [5.74, 6) is 0. The molecule has 0 aromatic rings. The van der Waals surface area contributed by atoms with Gasteiger partial charge in [-0.15, -0.1) is 9.24 Å². The Morgan fingerprint density at radius 1 is 1.31 bits per heavy atom. The van der Waals surface area contributed by atoms with Crippen molar-refractivity contribution in [1.29, 1.82) is 5.26 Å². The van der Waals surface area contributed by atoms with Crippen LogP contribution in [0.25, 0.3) is 0 Å². The van der Waals surface area contributed by atoms with Gasteiger partial charge in [0.05, 0.1) is 6.07 Å². The van der Waals surface area contributed by atoms with Crippen LogP contribution in [0.5, 0.6) is 0 Å². The zero-order chi connectivity index (χ0) is 10.9. The van der Waals surface area contributed by atoms with Crippen molar-refractivity contribution in [2.45, 2.75) is 46.2 Å². The van der Waals surface area contributed by atoms with Crippen molar-refractivity contribution in [3.63, 3.8) is 0 Å².